The van der Waals surface area contributed by atoms with Crippen molar-refractivity contribution in [3.8, 4) is 0 Å². The molecule has 1 unspecified atom stereocenters. The monoisotopic (exact) mass is 252 g/mol. The second-order valence-corrected chi connectivity index (χ2v) is 4.70. The Morgan fingerprint density at radius 3 is 2.83 bits per heavy atom. The van der Waals surface area contributed by atoms with Gasteiger partial charge < -0.3 is 15.4 Å². The molecule has 102 valence electrons. The van der Waals surface area contributed by atoms with Crippen LogP contribution < -0.4 is 5.73 Å². The van der Waals surface area contributed by atoms with E-state index >= 15 is 0 Å². The third-order valence-electron chi connectivity index (χ3n) is 3.03. The molecule has 4 nitrogen and oxygen atoms in total. The second-order valence-electron chi connectivity index (χ2n) is 4.70. The van der Waals surface area contributed by atoms with Crippen LogP contribution in [0.3, 0.4) is 0 Å². The van der Waals surface area contributed by atoms with Gasteiger partial charge in [0.15, 0.2) is 0 Å². The van der Waals surface area contributed by atoms with Crippen LogP contribution in [-0.2, 0) is 4.74 Å². The number of nitrogens with zero attached hydrogens (tertiary/aromatic N) is 1. The summed E-state index contributed by atoms with van der Waals surface area (Å²) in [6, 6.07) is 0. The summed E-state index contributed by atoms with van der Waals surface area (Å²) in [6.45, 7) is 4.11. The third-order valence-corrected chi connectivity index (χ3v) is 3.03. The minimum absolute atomic E-state index is 0.210. The minimum Gasteiger partial charge on any atom is -0.441 e. The van der Waals surface area contributed by atoms with Gasteiger partial charge in [0.1, 0.15) is 6.10 Å². The van der Waals surface area contributed by atoms with Gasteiger partial charge in [0.25, 0.3) is 0 Å². The average Bonchev–Trinajstić information content (AvgIpc) is 2.35. The molecule has 0 bridgehead atoms. The smallest absolute Gasteiger partial charge is 0.405 e. The molecular formula is C14H24N2O2. The first-order valence-electron chi connectivity index (χ1n) is 6.64. The van der Waals surface area contributed by atoms with Crippen LogP contribution in [0.15, 0.2) is 23.8 Å². The van der Waals surface area contributed by atoms with Gasteiger partial charge in [-0.25, -0.2) is 4.79 Å². The fraction of sp³-hybridized carbons (Fsp3) is 0.643. The molecule has 0 spiro atoms. The van der Waals surface area contributed by atoms with Crippen molar-refractivity contribution in [1.29, 1.82) is 0 Å². The summed E-state index contributed by atoms with van der Waals surface area (Å²) in [5.41, 5.74) is 6.21. The zero-order valence-electron chi connectivity index (χ0n) is 11.4. The number of carbonyl (C=O) groups is 1. The molecule has 0 aromatic rings. The fourth-order valence-electron chi connectivity index (χ4n) is 2.14. The number of carbonyl (C=O) groups excluding carboxylic acids is 1. The van der Waals surface area contributed by atoms with Gasteiger partial charge in [0.05, 0.1) is 0 Å². The first-order valence-corrected chi connectivity index (χ1v) is 6.64. The summed E-state index contributed by atoms with van der Waals surface area (Å²) in [5.74, 6) is 0. The van der Waals surface area contributed by atoms with E-state index in [2.05, 4.69) is 31.0 Å². The highest BCUT2D eigenvalue weighted by atomic mass is 16.6. The highest BCUT2D eigenvalue weighted by molar-refractivity contribution is 5.65. The molecule has 0 aromatic carbocycles. The standard InChI is InChI=1S/C14H24N2O2/c1-3-10-16(2)11-9-13(18-14(15)17)12-7-5-4-6-8-12/h5,7-8,13H,3-4,6,9-11H2,1-2H3,(H2,15,17). The SMILES string of the molecule is CCCN(C)CCC(OC(N)=O)C1=CCCC=C1. The van der Waals surface area contributed by atoms with E-state index in [0.717, 1.165) is 44.3 Å². The van der Waals surface area contributed by atoms with Crippen LogP contribution in [0.25, 0.3) is 0 Å². The number of hydrogen-bond donors (Lipinski definition) is 1. The van der Waals surface area contributed by atoms with Crippen molar-refractivity contribution in [2.24, 2.45) is 5.73 Å². The quantitative estimate of drug-likeness (QED) is 0.757. The van der Waals surface area contributed by atoms with E-state index in [0.29, 0.717) is 0 Å². The first kappa shape index (κ1) is 14.8. The Kier molecular flexibility index (Phi) is 6.50. The number of allylic oxidation sites excluding steroid dienone is 2. The number of hydrogen-bond acceptors (Lipinski definition) is 3. The predicted molar refractivity (Wildman–Crippen MR) is 73.3 cm³/mol. The number of amides is 1. The first-order chi connectivity index (χ1) is 8.63. The summed E-state index contributed by atoms with van der Waals surface area (Å²) >= 11 is 0. The molecule has 2 N–H and O–H groups in total. The van der Waals surface area contributed by atoms with Crippen LogP contribution in [-0.4, -0.2) is 37.2 Å². The Morgan fingerprint density at radius 1 is 1.50 bits per heavy atom. The van der Waals surface area contributed by atoms with Gasteiger partial charge in [0, 0.05) is 13.0 Å². The normalized spacial score (nSPS) is 16.5. The average molecular weight is 252 g/mol. The molecule has 1 amide bonds. The van der Waals surface area contributed by atoms with Gasteiger partial charge in [-0.3, -0.25) is 0 Å². The molecule has 1 aliphatic rings. The van der Waals surface area contributed by atoms with Gasteiger partial charge in [-0.15, -0.1) is 0 Å². The highest BCUT2D eigenvalue weighted by Crippen LogP contribution is 2.18. The van der Waals surface area contributed by atoms with Gasteiger partial charge in [-0.2, -0.15) is 0 Å². The Bertz CT molecular complexity index is 324. The van der Waals surface area contributed by atoms with Gasteiger partial charge in [0.2, 0.25) is 0 Å². The zero-order valence-corrected chi connectivity index (χ0v) is 11.4. The maximum atomic E-state index is 11.0. The lowest BCUT2D eigenvalue weighted by Gasteiger charge is -2.23. The van der Waals surface area contributed by atoms with Crippen LogP contribution in [0.4, 0.5) is 4.79 Å². The van der Waals surface area contributed by atoms with Crippen molar-refractivity contribution in [1.82, 2.24) is 4.90 Å². The molecule has 0 fully saturated rings. The molecule has 0 aromatic heterocycles. The number of ether oxygens (including phenoxy) is 1. The Morgan fingerprint density at radius 2 is 2.28 bits per heavy atom. The van der Waals surface area contributed by atoms with E-state index < -0.39 is 6.09 Å². The molecule has 1 aliphatic carbocycles. The van der Waals surface area contributed by atoms with E-state index in [1.165, 1.54) is 0 Å². The zero-order chi connectivity index (χ0) is 13.4. The molecular weight excluding hydrogens is 228 g/mol. The summed E-state index contributed by atoms with van der Waals surface area (Å²) < 4.78 is 5.21. The molecule has 0 saturated carbocycles. The van der Waals surface area contributed by atoms with Crippen molar-refractivity contribution in [2.45, 2.75) is 38.7 Å². The van der Waals surface area contributed by atoms with Crippen LogP contribution >= 0.6 is 0 Å². The van der Waals surface area contributed by atoms with Crippen molar-refractivity contribution < 1.29 is 9.53 Å². The largest absolute Gasteiger partial charge is 0.441 e. The number of rotatable bonds is 7. The molecule has 1 atom stereocenters. The van der Waals surface area contributed by atoms with Crippen molar-refractivity contribution in [3.63, 3.8) is 0 Å². The Hall–Kier alpha value is -1.29. The van der Waals surface area contributed by atoms with Crippen molar-refractivity contribution in [2.75, 3.05) is 20.1 Å². The third kappa shape index (κ3) is 5.36. The topological polar surface area (TPSA) is 55.6 Å². The molecule has 0 saturated heterocycles. The second kappa shape index (κ2) is 7.93. The lowest BCUT2D eigenvalue weighted by molar-refractivity contribution is 0.114. The number of nitrogens with two attached hydrogens (primary N) is 1. The van der Waals surface area contributed by atoms with Crippen LogP contribution in [0.2, 0.25) is 0 Å². The maximum absolute atomic E-state index is 11.0. The highest BCUT2D eigenvalue weighted by Gasteiger charge is 2.17. The summed E-state index contributed by atoms with van der Waals surface area (Å²) in [4.78, 5) is 13.2. The molecule has 4 heteroatoms. The predicted octanol–water partition coefficient (Wildman–Crippen LogP) is 2.46. The molecule has 18 heavy (non-hydrogen) atoms. The van der Waals surface area contributed by atoms with Crippen LogP contribution in [0.5, 0.6) is 0 Å². The van der Waals surface area contributed by atoms with Crippen molar-refractivity contribution in [3.05, 3.63) is 23.8 Å². The van der Waals surface area contributed by atoms with E-state index in [9.17, 15) is 4.79 Å². The molecule has 0 aliphatic heterocycles. The van der Waals surface area contributed by atoms with Crippen molar-refractivity contribution >= 4 is 6.09 Å². The van der Waals surface area contributed by atoms with Crippen LogP contribution in [0, 0.1) is 0 Å². The molecule has 0 radical (unpaired) electrons. The van der Waals surface area contributed by atoms with E-state index in [1.54, 1.807) is 0 Å². The lowest BCUT2D eigenvalue weighted by Crippen LogP contribution is -2.29. The number of primary amides is 1. The van der Waals surface area contributed by atoms with Gasteiger partial charge >= 0.3 is 6.09 Å². The summed E-state index contributed by atoms with van der Waals surface area (Å²) in [5, 5.41) is 0. The van der Waals surface area contributed by atoms with E-state index in [1.807, 2.05) is 6.08 Å². The Balaban J connectivity index is 2.52. The lowest BCUT2D eigenvalue weighted by atomic mass is 10.00. The summed E-state index contributed by atoms with van der Waals surface area (Å²) in [7, 11) is 2.08. The fourth-order valence-corrected chi connectivity index (χ4v) is 2.14. The van der Waals surface area contributed by atoms with Crippen LogP contribution in [0.1, 0.15) is 32.6 Å². The summed E-state index contributed by atoms with van der Waals surface area (Å²) in [6.07, 6.45) is 9.36. The maximum Gasteiger partial charge on any atom is 0.405 e. The molecule has 1 rings (SSSR count). The van der Waals surface area contributed by atoms with Gasteiger partial charge in [-0.05, 0) is 38.4 Å². The molecule has 0 heterocycles. The Labute approximate surface area is 109 Å². The van der Waals surface area contributed by atoms with Gasteiger partial charge in [-0.1, -0.05) is 25.2 Å². The minimum atomic E-state index is -0.696. The van der Waals surface area contributed by atoms with E-state index in [4.69, 9.17) is 10.5 Å². The van der Waals surface area contributed by atoms with E-state index in [-0.39, 0.29) is 6.10 Å².